The molecule has 1 saturated carbocycles. The van der Waals surface area contributed by atoms with E-state index >= 15 is 0 Å². The Morgan fingerprint density at radius 3 is 2.20 bits per heavy atom. The molecule has 0 unspecified atom stereocenters. The number of pyridine rings is 1. The molecule has 1 aromatic heterocycles. The van der Waals surface area contributed by atoms with E-state index in [2.05, 4.69) is 69.3 Å². The summed E-state index contributed by atoms with van der Waals surface area (Å²) in [6.45, 7) is 17.7. The molecule has 4 rings (SSSR count). The van der Waals surface area contributed by atoms with Gasteiger partial charge in [-0.05, 0) is 54.8 Å². The van der Waals surface area contributed by atoms with Crippen molar-refractivity contribution in [2.75, 3.05) is 0 Å². The van der Waals surface area contributed by atoms with Crippen LogP contribution in [0, 0.1) is 36.7 Å². The molecule has 41 heavy (non-hydrogen) atoms. The summed E-state index contributed by atoms with van der Waals surface area (Å²) in [5.41, 5.74) is 6.42. The number of aliphatic hydroxyl groups excluding tert-OH is 1. The maximum Gasteiger partial charge on any atom is 0.164 e. The molecular formula is C37H50IrNO2-. The van der Waals surface area contributed by atoms with Crippen LogP contribution in [-0.4, -0.2) is 15.9 Å². The van der Waals surface area contributed by atoms with E-state index < -0.39 is 5.41 Å². The van der Waals surface area contributed by atoms with Crippen molar-refractivity contribution in [2.45, 2.75) is 107 Å². The van der Waals surface area contributed by atoms with E-state index in [4.69, 9.17) is 4.98 Å². The molecule has 1 N–H and O–H groups in total. The van der Waals surface area contributed by atoms with Crippen LogP contribution in [0.1, 0.15) is 110 Å². The molecule has 0 amide bonds. The van der Waals surface area contributed by atoms with Crippen molar-refractivity contribution in [3.8, 4) is 11.3 Å². The van der Waals surface area contributed by atoms with Crippen molar-refractivity contribution in [3.63, 3.8) is 0 Å². The van der Waals surface area contributed by atoms with Crippen LogP contribution in [0.5, 0.6) is 0 Å². The number of hydrogen-bond donors (Lipinski definition) is 1. The second-order valence-corrected chi connectivity index (χ2v) is 13.8. The van der Waals surface area contributed by atoms with Crippen molar-refractivity contribution in [2.24, 2.45) is 16.7 Å². The largest absolute Gasteiger partial charge is 0.512 e. The van der Waals surface area contributed by atoms with Gasteiger partial charge >= 0.3 is 0 Å². The van der Waals surface area contributed by atoms with Crippen molar-refractivity contribution < 1.29 is 30.0 Å². The average molecular weight is 733 g/mol. The molecule has 225 valence electrons. The number of rotatable bonds is 5. The number of fused-ring (bicyclic) bond motifs is 1. The Morgan fingerprint density at radius 2 is 1.63 bits per heavy atom. The van der Waals surface area contributed by atoms with E-state index in [1.165, 1.54) is 66.7 Å². The third kappa shape index (κ3) is 9.90. The quantitative estimate of drug-likeness (QED) is 0.161. The summed E-state index contributed by atoms with van der Waals surface area (Å²) in [5.74, 6) is 1.75. The molecule has 4 heteroatoms. The number of ketones is 1. The first kappa shape index (κ1) is 34.9. The molecule has 0 spiro atoms. The zero-order chi connectivity index (χ0) is 29.7. The van der Waals surface area contributed by atoms with Crippen molar-refractivity contribution in [1.29, 1.82) is 0 Å². The summed E-state index contributed by atoms with van der Waals surface area (Å²) in [5, 5.41) is 10.9. The maximum absolute atomic E-state index is 11.5. The summed E-state index contributed by atoms with van der Waals surface area (Å²) in [6, 6.07) is 19.0. The number of carbonyl (C=O) groups excluding carboxylic acids is 1. The van der Waals surface area contributed by atoms with Gasteiger partial charge in [-0.1, -0.05) is 99.4 Å². The van der Waals surface area contributed by atoms with E-state index in [9.17, 15) is 9.90 Å². The summed E-state index contributed by atoms with van der Waals surface area (Å²) >= 11 is 0. The average Bonchev–Trinajstić information content (AvgIpc) is 2.87. The number of benzene rings is 2. The molecule has 0 aliphatic heterocycles. The SMILES string of the molecule is CC(C)(C)C(=O)/C=C(\O)C(C)(C)C.CCCC1CCC(c2cccc3nc(-c4[c-]c(C)cc(C)c4)ccc23)CC1.[Ir]. The Bertz CT molecular complexity index is 1320. The number of aliphatic hydroxyl groups is 1. The van der Waals surface area contributed by atoms with Gasteiger partial charge in [-0.15, -0.1) is 34.9 Å². The van der Waals surface area contributed by atoms with Crippen LogP contribution in [0.15, 0.2) is 54.3 Å². The Balaban J connectivity index is 0.000000360. The second kappa shape index (κ2) is 14.7. The van der Waals surface area contributed by atoms with Gasteiger partial charge in [0.25, 0.3) is 0 Å². The van der Waals surface area contributed by atoms with Gasteiger partial charge in [-0.25, -0.2) is 0 Å². The number of aromatic nitrogens is 1. The predicted octanol–water partition coefficient (Wildman–Crippen LogP) is 10.5. The van der Waals surface area contributed by atoms with E-state index in [1.54, 1.807) is 0 Å². The van der Waals surface area contributed by atoms with Crippen molar-refractivity contribution in [3.05, 3.63) is 77.1 Å². The van der Waals surface area contributed by atoms with Gasteiger partial charge in [0.05, 0.1) is 5.52 Å². The minimum absolute atomic E-state index is 0. The van der Waals surface area contributed by atoms with Gasteiger partial charge in [-0.2, -0.15) is 0 Å². The van der Waals surface area contributed by atoms with Crippen LogP contribution in [-0.2, 0) is 24.9 Å². The first-order chi connectivity index (χ1) is 18.7. The number of aryl methyl sites for hydroxylation is 2. The van der Waals surface area contributed by atoms with E-state index in [0.717, 1.165) is 22.7 Å². The van der Waals surface area contributed by atoms with Crippen molar-refractivity contribution in [1.82, 2.24) is 4.98 Å². The van der Waals surface area contributed by atoms with E-state index in [0.29, 0.717) is 5.92 Å². The number of carbonyl (C=O) groups is 1. The van der Waals surface area contributed by atoms with Gasteiger partial charge in [0, 0.05) is 42.4 Å². The molecule has 0 bridgehead atoms. The van der Waals surface area contributed by atoms with Crippen LogP contribution >= 0.6 is 0 Å². The molecule has 3 aromatic rings. The Labute approximate surface area is 262 Å². The standard InChI is InChI=1S/C26H30N.C11H20O2.Ir/c1-4-6-20-9-11-21(12-10-20)23-7-5-8-26-24(23)13-14-25(27-26)22-16-18(2)15-19(3)17-22;1-10(2,3)8(12)7-9(13)11(4,5)6;/h5,7-8,13-16,20-21H,4,6,9-12H2,1-3H3;7,12H,1-6H3;/q-1;;/b;8-7-;. The molecule has 1 fully saturated rings. The molecule has 0 atom stereocenters. The zero-order valence-corrected chi connectivity index (χ0v) is 29.0. The predicted molar refractivity (Wildman–Crippen MR) is 170 cm³/mol. The molecule has 2 aromatic carbocycles. The summed E-state index contributed by atoms with van der Waals surface area (Å²) in [4.78, 5) is 16.5. The minimum atomic E-state index is -0.417. The molecular weight excluding hydrogens is 683 g/mol. The van der Waals surface area contributed by atoms with Gasteiger partial charge in [-0.3, -0.25) is 9.78 Å². The Hall–Kier alpha value is -2.29. The second-order valence-electron chi connectivity index (χ2n) is 13.8. The monoisotopic (exact) mass is 733 g/mol. The number of allylic oxidation sites excluding steroid dienone is 2. The first-order valence-electron chi connectivity index (χ1n) is 15.0. The molecule has 3 nitrogen and oxygen atoms in total. The Morgan fingerprint density at radius 1 is 0.976 bits per heavy atom. The van der Waals surface area contributed by atoms with Gasteiger partial charge in [0.1, 0.15) is 5.76 Å². The summed E-state index contributed by atoms with van der Waals surface area (Å²) in [6.07, 6.45) is 9.49. The third-order valence-corrected chi connectivity index (χ3v) is 7.95. The zero-order valence-electron chi connectivity index (χ0n) is 26.7. The summed E-state index contributed by atoms with van der Waals surface area (Å²) < 4.78 is 0. The smallest absolute Gasteiger partial charge is 0.164 e. The van der Waals surface area contributed by atoms with Gasteiger partial charge < -0.3 is 5.11 Å². The Kier molecular flexibility index (Phi) is 12.6. The summed E-state index contributed by atoms with van der Waals surface area (Å²) in [7, 11) is 0. The molecule has 0 saturated heterocycles. The minimum Gasteiger partial charge on any atom is -0.512 e. The van der Waals surface area contributed by atoms with Crippen LogP contribution < -0.4 is 0 Å². The fraction of sp³-hybridized carbons (Fsp3) is 0.514. The van der Waals surface area contributed by atoms with E-state index in [1.807, 2.05) is 41.5 Å². The normalized spacial score (nSPS) is 17.8. The first-order valence-corrected chi connectivity index (χ1v) is 15.0. The van der Waals surface area contributed by atoms with E-state index in [-0.39, 0.29) is 37.1 Å². The number of nitrogens with zero attached hydrogens (tertiary/aromatic N) is 1. The van der Waals surface area contributed by atoms with Crippen LogP contribution in [0.3, 0.4) is 0 Å². The molecule has 1 aliphatic rings. The molecule has 1 aliphatic carbocycles. The van der Waals surface area contributed by atoms with Crippen LogP contribution in [0.2, 0.25) is 0 Å². The maximum atomic E-state index is 11.5. The van der Waals surface area contributed by atoms with Gasteiger partial charge in [0.15, 0.2) is 5.78 Å². The number of hydrogen-bond acceptors (Lipinski definition) is 3. The fourth-order valence-electron chi connectivity index (χ4n) is 5.45. The molecule has 1 heterocycles. The fourth-order valence-corrected chi connectivity index (χ4v) is 5.45. The van der Waals surface area contributed by atoms with Crippen molar-refractivity contribution >= 4 is 16.7 Å². The van der Waals surface area contributed by atoms with Crippen LogP contribution in [0.25, 0.3) is 22.2 Å². The topological polar surface area (TPSA) is 50.2 Å². The van der Waals surface area contributed by atoms with Gasteiger partial charge in [0.2, 0.25) is 0 Å². The third-order valence-electron chi connectivity index (χ3n) is 7.95. The van der Waals surface area contributed by atoms with Crippen LogP contribution in [0.4, 0.5) is 0 Å². The molecule has 1 radical (unpaired) electrons.